The van der Waals surface area contributed by atoms with Crippen molar-refractivity contribution >= 4 is 11.0 Å². The lowest BCUT2D eigenvalue weighted by molar-refractivity contribution is -0.328. The van der Waals surface area contributed by atoms with Gasteiger partial charge in [-0.3, -0.25) is 0 Å². The fourth-order valence-electron chi connectivity index (χ4n) is 2.31. The van der Waals surface area contributed by atoms with E-state index < -0.39 is 5.97 Å². The largest absolute Gasteiger partial charge is 0.439 e. The van der Waals surface area contributed by atoms with Gasteiger partial charge in [0.1, 0.15) is 11.3 Å². The Morgan fingerprint density at radius 1 is 1.21 bits per heavy atom. The van der Waals surface area contributed by atoms with E-state index in [1.807, 2.05) is 6.07 Å². The Bertz CT molecular complexity index is 669. The van der Waals surface area contributed by atoms with E-state index in [4.69, 9.17) is 18.6 Å². The summed E-state index contributed by atoms with van der Waals surface area (Å²) in [5, 5.41) is 0.879. The topological polar surface area (TPSA) is 57.9 Å². The third-order valence-corrected chi connectivity index (χ3v) is 3.39. The van der Waals surface area contributed by atoms with E-state index in [2.05, 4.69) is 0 Å². The van der Waals surface area contributed by atoms with E-state index in [-0.39, 0.29) is 5.63 Å². The Kier molecular flexibility index (Phi) is 2.80. The molecule has 0 amide bonds. The second-order valence-electron chi connectivity index (χ2n) is 4.45. The molecule has 100 valence electrons. The lowest BCUT2D eigenvalue weighted by Crippen LogP contribution is -2.43. The molecule has 2 aromatic rings. The molecule has 0 N–H and O–H groups in total. The Morgan fingerprint density at radius 3 is 2.74 bits per heavy atom. The Hall–Kier alpha value is -1.85. The van der Waals surface area contributed by atoms with Crippen molar-refractivity contribution in [3.63, 3.8) is 0 Å². The van der Waals surface area contributed by atoms with E-state index in [0.29, 0.717) is 17.8 Å². The summed E-state index contributed by atoms with van der Waals surface area (Å²) in [4.78, 5) is 11.2. The molecule has 1 aliphatic rings. The summed E-state index contributed by atoms with van der Waals surface area (Å²) in [6.45, 7) is 0. The van der Waals surface area contributed by atoms with Crippen LogP contribution in [-0.4, -0.2) is 20.2 Å². The first-order valence-corrected chi connectivity index (χ1v) is 6.02. The van der Waals surface area contributed by atoms with Gasteiger partial charge in [0.15, 0.2) is 0 Å². The standard InChI is InChI=1S/C14H14O5/c1-16-14(17-2)6-5-10-7-9-3-4-13(15)18-11(9)8-12(10)19-14/h3-4,7-8H,5-6H2,1-2H3. The first-order valence-electron chi connectivity index (χ1n) is 6.02. The van der Waals surface area contributed by atoms with E-state index >= 15 is 0 Å². The van der Waals surface area contributed by atoms with Gasteiger partial charge >= 0.3 is 11.6 Å². The highest BCUT2D eigenvalue weighted by Crippen LogP contribution is 2.36. The molecule has 0 saturated heterocycles. The van der Waals surface area contributed by atoms with E-state index in [9.17, 15) is 4.79 Å². The fourth-order valence-corrected chi connectivity index (χ4v) is 2.31. The molecule has 19 heavy (non-hydrogen) atoms. The van der Waals surface area contributed by atoms with Crippen LogP contribution in [0.3, 0.4) is 0 Å². The molecule has 3 rings (SSSR count). The molecule has 0 bridgehead atoms. The van der Waals surface area contributed by atoms with E-state index in [0.717, 1.165) is 17.4 Å². The lowest BCUT2D eigenvalue weighted by atomic mass is 10.0. The summed E-state index contributed by atoms with van der Waals surface area (Å²) in [5.41, 5.74) is 1.16. The Morgan fingerprint density at radius 2 is 2.00 bits per heavy atom. The quantitative estimate of drug-likeness (QED) is 0.612. The van der Waals surface area contributed by atoms with Gasteiger partial charge in [0.2, 0.25) is 0 Å². The molecule has 0 spiro atoms. The molecule has 1 aliphatic heterocycles. The third-order valence-electron chi connectivity index (χ3n) is 3.39. The average Bonchev–Trinajstić information content (AvgIpc) is 2.44. The summed E-state index contributed by atoms with van der Waals surface area (Å²) in [6, 6.07) is 6.82. The van der Waals surface area contributed by atoms with Gasteiger partial charge in [0, 0.05) is 38.2 Å². The molecule has 0 saturated carbocycles. The summed E-state index contributed by atoms with van der Waals surface area (Å²) < 4.78 is 21.5. The van der Waals surface area contributed by atoms with Crippen molar-refractivity contribution in [1.82, 2.24) is 0 Å². The number of hydrogen-bond acceptors (Lipinski definition) is 5. The molecular weight excluding hydrogens is 248 g/mol. The van der Waals surface area contributed by atoms with Crippen molar-refractivity contribution < 1.29 is 18.6 Å². The molecule has 0 radical (unpaired) electrons. The van der Waals surface area contributed by atoms with Gasteiger partial charge in [-0.2, -0.15) is 0 Å². The number of fused-ring (bicyclic) bond motifs is 2. The van der Waals surface area contributed by atoms with Crippen LogP contribution in [0.25, 0.3) is 11.0 Å². The smallest absolute Gasteiger partial charge is 0.336 e. The maximum atomic E-state index is 11.2. The van der Waals surface area contributed by atoms with Gasteiger partial charge in [-0.15, -0.1) is 0 Å². The zero-order chi connectivity index (χ0) is 13.5. The number of hydrogen-bond donors (Lipinski definition) is 0. The highest BCUT2D eigenvalue weighted by Gasteiger charge is 2.37. The average molecular weight is 262 g/mol. The minimum Gasteiger partial charge on any atom is -0.439 e. The zero-order valence-electron chi connectivity index (χ0n) is 10.8. The van der Waals surface area contributed by atoms with Crippen LogP contribution < -0.4 is 10.4 Å². The molecule has 1 aromatic carbocycles. The highest BCUT2D eigenvalue weighted by atomic mass is 16.9. The van der Waals surface area contributed by atoms with Gasteiger partial charge in [-0.1, -0.05) is 0 Å². The second kappa shape index (κ2) is 4.36. The summed E-state index contributed by atoms with van der Waals surface area (Å²) >= 11 is 0. The number of benzene rings is 1. The highest BCUT2D eigenvalue weighted by molar-refractivity contribution is 5.79. The van der Waals surface area contributed by atoms with Crippen molar-refractivity contribution in [2.24, 2.45) is 0 Å². The van der Waals surface area contributed by atoms with Crippen LogP contribution in [-0.2, 0) is 15.9 Å². The van der Waals surface area contributed by atoms with Crippen LogP contribution in [0, 0.1) is 0 Å². The molecule has 2 heterocycles. The zero-order valence-corrected chi connectivity index (χ0v) is 10.8. The van der Waals surface area contributed by atoms with Crippen LogP contribution in [0.5, 0.6) is 5.75 Å². The van der Waals surface area contributed by atoms with E-state index in [1.54, 1.807) is 12.1 Å². The van der Waals surface area contributed by atoms with Gasteiger partial charge in [0.25, 0.3) is 0 Å². The Labute approximate surface area is 109 Å². The lowest BCUT2D eigenvalue weighted by Gasteiger charge is -2.35. The van der Waals surface area contributed by atoms with Crippen molar-refractivity contribution in [2.75, 3.05) is 14.2 Å². The first-order chi connectivity index (χ1) is 9.15. The number of aryl methyl sites for hydroxylation is 1. The minimum absolute atomic E-state index is 0.381. The molecule has 5 nitrogen and oxygen atoms in total. The van der Waals surface area contributed by atoms with Gasteiger partial charge < -0.3 is 18.6 Å². The fraction of sp³-hybridized carbons (Fsp3) is 0.357. The van der Waals surface area contributed by atoms with Crippen molar-refractivity contribution in [3.8, 4) is 5.75 Å². The molecule has 0 atom stereocenters. The van der Waals surface area contributed by atoms with E-state index in [1.165, 1.54) is 20.3 Å². The van der Waals surface area contributed by atoms with Gasteiger partial charge in [-0.25, -0.2) is 4.79 Å². The summed E-state index contributed by atoms with van der Waals surface area (Å²) in [7, 11) is 3.07. The van der Waals surface area contributed by atoms with Crippen molar-refractivity contribution in [1.29, 1.82) is 0 Å². The first kappa shape index (κ1) is 12.2. The third kappa shape index (κ3) is 2.01. The molecule has 1 aromatic heterocycles. The SMILES string of the molecule is COC1(OC)CCc2cc3ccc(=O)oc3cc2O1. The van der Waals surface area contributed by atoms with Crippen LogP contribution in [0.2, 0.25) is 0 Å². The molecular formula is C14H14O5. The summed E-state index contributed by atoms with van der Waals surface area (Å²) in [5.74, 6) is -0.438. The number of rotatable bonds is 2. The maximum absolute atomic E-state index is 11.2. The monoisotopic (exact) mass is 262 g/mol. The molecule has 5 heteroatoms. The van der Waals surface area contributed by atoms with Crippen molar-refractivity contribution in [2.45, 2.75) is 18.8 Å². The number of ether oxygens (including phenoxy) is 3. The summed E-state index contributed by atoms with van der Waals surface area (Å²) in [6.07, 6.45) is 1.38. The molecule has 0 aliphatic carbocycles. The van der Waals surface area contributed by atoms with Crippen LogP contribution in [0.4, 0.5) is 0 Å². The van der Waals surface area contributed by atoms with Gasteiger partial charge in [-0.05, 0) is 24.1 Å². The predicted octanol–water partition coefficient (Wildman–Crippen LogP) is 2.06. The Balaban J connectivity index is 2.11. The number of methoxy groups -OCH3 is 2. The maximum Gasteiger partial charge on any atom is 0.336 e. The van der Waals surface area contributed by atoms with Crippen molar-refractivity contribution in [3.05, 3.63) is 40.2 Å². The van der Waals surface area contributed by atoms with Crippen LogP contribution in [0.1, 0.15) is 12.0 Å². The molecule has 0 fully saturated rings. The minimum atomic E-state index is -1.06. The second-order valence-corrected chi connectivity index (χ2v) is 4.45. The van der Waals surface area contributed by atoms with Gasteiger partial charge in [0.05, 0.1) is 0 Å². The predicted molar refractivity (Wildman–Crippen MR) is 68.2 cm³/mol. The van der Waals surface area contributed by atoms with Crippen LogP contribution in [0.15, 0.2) is 33.5 Å². The molecule has 0 unspecified atom stereocenters. The van der Waals surface area contributed by atoms with Crippen LogP contribution >= 0.6 is 0 Å². The normalized spacial score (nSPS) is 16.9.